The minimum atomic E-state index is -0.700. The molecule has 0 spiro atoms. The molecule has 1 aromatic rings. The van der Waals surface area contributed by atoms with Crippen molar-refractivity contribution in [2.24, 2.45) is 17.6 Å². The van der Waals surface area contributed by atoms with Crippen LogP contribution in [-0.2, 0) is 0 Å². The lowest BCUT2D eigenvalue weighted by Crippen LogP contribution is -2.26. The molecule has 2 unspecified atom stereocenters. The Kier molecular flexibility index (Phi) is 4.90. The molecule has 0 saturated heterocycles. The topological polar surface area (TPSA) is 55.5 Å². The number of aliphatic hydroxyl groups excluding tert-OH is 1. The Bertz CT molecular complexity index is 368. The van der Waals surface area contributed by atoms with Crippen molar-refractivity contribution in [1.29, 1.82) is 0 Å². The molecule has 0 fully saturated rings. The van der Waals surface area contributed by atoms with Crippen molar-refractivity contribution in [3.8, 4) is 5.75 Å². The summed E-state index contributed by atoms with van der Waals surface area (Å²) in [4.78, 5) is 0. The molecule has 0 heterocycles. The van der Waals surface area contributed by atoms with E-state index in [1.165, 1.54) is 19.2 Å². The zero-order valence-corrected chi connectivity index (χ0v) is 10.5. The van der Waals surface area contributed by atoms with Gasteiger partial charge in [-0.2, -0.15) is 0 Å². The SMILES string of the molecule is COc1cc(C(O)C(CN)C(C)C)ccc1F. The minimum absolute atomic E-state index is 0.0508. The highest BCUT2D eigenvalue weighted by molar-refractivity contribution is 5.31. The predicted molar refractivity (Wildman–Crippen MR) is 65.3 cm³/mol. The van der Waals surface area contributed by atoms with Gasteiger partial charge in [0.15, 0.2) is 11.6 Å². The molecule has 0 aromatic heterocycles. The first-order valence-corrected chi connectivity index (χ1v) is 5.72. The van der Waals surface area contributed by atoms with Crippen molar-refractivity contribution >= 4 is 0 Å². The van der Waals surface area contributed by atoms with E-state index in [4.69, 9.17) is 10.5 Å². The number of ether oxygens (including phenoxy) is 1. The Balaban J connectivity index is 2.99. The highest BCUT2D eigenvalue weighted by Gasteiger charge is 2.23. The highest BCUT2D eigenvalue weighted by atomic mass is 19.1. The molecule has 4 heteroatoms. The van der Waals surface area contributed by atoms with E-state index < -0.39 is 11.9 Å². The van der Waals surface area contributed by atoms with Gasteiger partial charge in [-0.15, -0.1) is 0 Å². The summed E-state index contributed by atoms with van der Waals surface area (Å²) in [6, 6.07) is 4.38. The number of halogens is 1. The lowest BCUT2D eigenvalue weighted by atomic mass is 9.86. The molecule has 0 aliphatic rings. The number of hydrogen-bond donors (Lipinski definition) is 2. The average Bonchev–Trinajstić information content (AvgIpc) is 2.29. The Morgan fingerprint density at radius 1 is 1.41 bits per heavy atom. The molecule has 3 N–H and O–H groups in total. The van der Waals surface area contributed by atoms with E-state index in [0.29, 0.717) is 12.1 Å². The van der Waals surface area contributed by atoms with Gasteiger partial charge in [-0.1, -0.05) is 19.9 Å². The second-order valence-electron chi connectivity index (χ2n) is 4.48. The molecule has 0 aliphatic carbocycles. The third-order valence-corrected chi connectivity index (χ3v) is 3.05. The van der Waals surface area contributed by atoms with Gasteiger partial charge in [-0.05, 0) is 30.2 Å². The molecule has 0 aliphatic heterocycles. The third kappa shape index (κ3) is 3.17. The normalized spacial score (nSPS) is 14.8. The molecule has 3 nitrogen and oxygen atoms in total. The van der Waals surface area contributed by atoms with Crippen LogP contribution >= 0.6 is 0 Å². The van der Waals surface area contributed by atoms with Gasteiger partial charge in [0, 0.05) is 5.92 Å². The van der Waals surface area contributed by atoms with Gasteiger partial charge in [0.2, 0.25) is 0 Å². The van der Waals surface area contributed by atoms with Crippen LogP contribution < -0.4 is 10.5 Å². The second-order valence-corrected chi connectivity index (χ2v) is 4.48. The number of rotatable bonds is 5. The van der Waals surface area contributed by atoms with Crippen LogP contribution in [-0.4, -0.2) is 18.8 Å². The number of hydrogen-bond acceptors (Lipinski definition) is 3. The summed E-state index contributed by atoms with van der Waals surface area (Å²) in [5.74, 6) is -0.0883. The van der Waals surface area contributed by atoms with Gasteiger partial charge in [0.1, 0.15) is 0 Å². The Labute approximate surface area is 101 Å². The lowest BCUT2D eigenvalue weighted by molar-refractivity contribution is 0.0858. The van der Waals surface area contributed by atoms with E-state index in [1.54, 1.807) is 6.07 Å². The number of benzene rings is 1. The molecule has 0 radical (unpaired) electrons. The van der Waals surface area contributed by atoms with Crippen LogP contribution in [0.15, 0.2) is 18.2 Å². The Morgan fingerprint density at radius 2 is 2.06 bits per heavy atom. The predicted octanol–water partition coefficient (Wildman–Crippen LogP) is 2.10. The maximum absolute atomic E-state index is 13.2. The highest BCUT2D eigenvalue weighted by Crippen LogP contribution is 2.30. The van der Waals surface area contributed by atoms with Crippen molar-refractivity contribution in [2.45, 2.75) is 20.0 Å². The second kappa shape index (κ2) is 5.98. The summed E-state index contributed by atoms with van der Waals surface area (Å²) >= 11 is 0. The van der Waals surface area contributed by atoms with Crippen LogP contribution in [0, 0.1) is 17.7 Å². The fraction of sp³-hybridized carbons (Fsp3) is 0.538. The van der Waals surface area contributed by atoms with Crippen LogP contribution in [0.4, 0.5) is 4.39 Å². The first kappa shape index (κ1) is 13.9. The Hall–Kier alpha value is -1.13. The average molecular weight is 241 g/mol. The van der Waals surface area contributed by atoms with E-state index in [-0.39, 0.29) is 17.6 Å². The molecule has 0 amide bonds. The molecular formula is C13H20FNO2. The van der Waals surface area contributed by atoms with Crippen LogP contribution in [0.3, 0.4) is 0 Å². The zero-order chi connectivity index (χ0) is 13.0. The van der Waals surface area contributed by atoms with Crippen molar-refractivity contribution in [3.05, 3.63) is 29.6 Å². The van der Waals surface area contributed by atoms with Crippen LogP contribution in [0.2, 0.25) is 0 Å². The van der Waals surface area contributed by atoms with Crippen LogP contribution in [0.5, 0.6) is 5.75 Å². The van der Waals surface area contributed by atoms with Crippen LogP contribution in [0.1, 0.15) is 25.5 Å². The van der Waals surface area contributed by atoms with Crippen molar-refractivity contribution in [2.75, 3.05) is 13.7 Å². The molecular weight excluding hydrogens is 221 g/mol. The monoisotopic (exact) mass is 241 g/mol. The van der Waals surface area contributed by atoms with Gasteiger partial charge in [0.25, 0.3) is 0 Å². The lowest BCUT2D eigenvalue weighted by Gasteiger charge is -2.25. The molecule has 0 saturated carbocycles. The number of nitrogens with two attached hydrogens (primary N) is 1. The van der Waals surface area contributed by atoms with E-state index in [0.717, 1.165) is 0 Å². The Morgan fingerprint density at radius 3 is 2.53 bits per heavy atom. The van der Waals surface area contributed by atoms with Crippen molar-refractivity contribution in [3.63, 3.8) is 0 Å². The molecule has 0 bridgehead atoms. The molecule has 1 aromatic carbocycles. The van der Waals surface area contributed by atoms with Gasteiger partial charge in [0.05, 0.1) is 13.2 Å². The summed E-state index contributed by atoms with van der Waals surface area (Å²) in [5, 5.41) is 10.2. The summed E-state index contributed by atoms with van der Waals surface area (Å²) < 4.78 is 18.1. The van der Waals surface area contributed by atoms with E-state index in [2.05, 4.69) is 0 Å². The van der Waals surface area contributed by atoms with E-state index in [1.807, 2.05) is 13.8 Å². The quantitative estimate of drug-likeness (QED) is 0.830. The number of methoxy groups -OCH3 is 1. The summed E-state index contributed by atoms with van der Waals surface area (Å²) in [6.07, 6.45) is -0.700. The van der Waals surface area contributed by atoms with E-state index in [9.17, 15) is 9.50 Å². The molecule has 96 valence electrons. The van der Waals surface area contributed by atoms with Crippen LogP contribution in [0.25, 0.3) is 0 Å². The molecule has 2 atom stereocenters. The molecule has 17 heavy (non-hydrogen) atoms. The fourth-order valence-electron chi connectivity index (χ4n) is 1.87. The number of aliphatic hydroxyl groups is 1. The standard InChI is InChI=1S/C13H20FNO2/c1-8(2)10(7-15)13(16)9-4-5-11(14)12(6-9)17-3/h4-6,8,10,13,16H,7,15H2,1-3H3. The molecule has 1 rings (SSSR count). The van der Waals surface area contributed by atoms with Gasteiger partial charge in [-0.3, -0.25) is 0 Å². The van der Waals surface area contributed by atoms with Gasteiger partial charge >= 0.3 is 0 Å². The summed E-state index contributed by atoms with van der Waals surface area (Å²) in [7, 11) is 1.40. The third-order valence-electron chi connectivity index (χ3n) is 3.05. The zero-order valence-electron chi connectivity index (χ0n) is 10.5. The smallest absolute Gasteiger partial charge is 0.165 e. The largest absolute Gasteiger partial charge is 0.494 e. The first-order valence-electron chi connectivity index (χ1n) is 5.72. The van der Waals surface area contributed by atoms with E-state index >= 15 is 0 Å². The minimum Gasteiger partial charge on any atom is -0.494 e. The fourth-order valence-corrected chi connectivity index (χ4v) is 1.87. The van der Waals surface area contributed by atoms with Crippen molar-refractivity contribution < 1.29 is 14.2 Å². The first-order chi connectivity index (χ1) is 8.01. The van der Waals surface area contributed by atoms with Gasteiger partial charge in [-0.25, -0.2) is 4.39 Å². The maximum Gasteiger partial charge on any atom is 0.165 e. The summed E-state index contributed by atoms with van der Waals surface area (Å²) in [5.41, 5.74) is 6.28. The van der Waals surface area contributed by atoms with Gasteiger partial charge < -0.3 is 15.6 Å². The van der Waals surface area contributed by atoms with Crippen molar-refractivity contribution in [1.82, 2.24) is 0 Å². The summed E-state index contributed by atoms with van der Waals surface area (Å²) in [6.45, 7) is 4.39. The maximum atomic E-state index is 13.2.